The predicted octanol–water partition coefficient (Wildman–Crippen LogP) is 5.25. The molecule has 0 radical (unpaired) electrons. The quantitative estimate of drug-likeness (QED) is 0.484. The van der Waals surface area contributed by atoms with E-state index in [0.717, 1.165) is 62.9 Å². The van der Waals surface area contributed by atoms with Gasteiger partial charge in [0, 0.05) is 44.3 Å². The molecule has 0 spiro atoms. The Balaban J connectivity index is 1.03. The van der Waals surface area contributed by atoms with Gasteiger partial charge >= 0.3 is 0 Å². The van der Waals surface area contributed by atoms with E-state index in [4.69, 9.17) is 9.72 Å². The molecule has 194 valence electrons. The standard InChI is InChI=1S/C31H38N4O2/c1-19-3-10-27-26(13-19)33-30(21-4-5-21)35(27)28-11-12-34(18-29(28)37-2)17-20-14-23-8-9-25(16-24(23)15-20)32-31(36)22-6-7-22/h3,8-10,13,16,20-22,28-29H,4-7,11-12,14-15,17-18H2,1-2H3,(H,32,36)/t20-,28+,29+/m1/s1. The Morgan fingerprint density at radius 1 is 1.05 bits per heavy atom. The van der Waals surface area contributed by atoms with Crippen molar-refractivity contribution in [1.29, 1.82) is 0 Å². The number of benzene rings is 2. The van der Waals surface area contributed by atoms with Crippen molar-refractivity contribution in [2.45, 2.75) is 69.9 Å². The lowest BCUT2D eigenvalue weighted by atomic mass is 9.98. The number of rotatable bonds is 7. The van der Waals surface area contributed by atoms with E-state index in [2.05, 4.69) is 58.1 Å². The van der Waals surface area contributed by atoms with Crippen LogP contribution in [0.3, 0.4) is 0 Å². The third kappa shape index (κ3) is 4.59. The molecule has 2 saturated carbocycles. The molecule has 2 aromatic carbocycles. The van der Waals surface area contributed by atoms with Crippen LogP contribution in [0.15, 0.2) is 36.4 Å². The first-order valence-corrected chi connectivity index (χ1v) is 14.2. The number of hydrogen-bond donors (Lipinski definition) is 1. The van der Waals surface area contributed by atoms with E-state index in [-0.39, 0.29) is 17.9 Å². The molecule has 0 bridgehead atoms. The number of fused-ring (bicyclic) bond motifs is 2. The van der Waals surface area contributed by atoms with E-state index in [1.807, 2.05) is 7.11 Å². The third-order valence-electron chi connectivity index (χ3n) is 9.01. The molecule has 1 aromatic heterocycles. The maximum Gasteiger partial charge on any atom is 0.227 e. The number of piperidine rings is 1. The van der Waals surface area contributed by atoms with Gasteiger partial charge in [-0.1, -0.05) is 12.1 Å². The van der Waals surface area contributed by atoms with Crippen molar-refractivity contribution < 1.29 is 9.53 Å². The number of methoxy groups -OCH3 is 1. The largest absolute Gasteiger partial charge is 0.378 e. The zero-order chi connectivity index (χ0) is 25.1. The van der Waals surface area contributed by atoms with Crippen LogP contribution in [0.4, 0.5) is 5.69 Å². The van der Waals surface area contributed by atoms with Gasteiger partial charge in [0.25, 0.3) is 0 Å². The van der Waals surface area contributed by atoms with Crippen molar-refractivity contribution in [2.75, 3.05) is 32.1 Å². The fourth-order valence-electron chi connectivity index (χ4n) is 6.74. The molecule has 3 fully saturated rings. The molecule has 1 amide bonds. The molecule has 3 aliphatic carbocycles. The molecule has 0 unspecified atom stereocenters. The van der Waals surface area contributed by atoms with Gasteiger partial charge in [-0.2, -0.15) is 0 Å². The Hall–Kier alpha value is -2.70. The topological polar surface area (TPSA) is 59.4 Å². The highest BCUT2D eigenvalue weighted by Crippen LogP contribution is 2.43. The number of anilines is 1. The second-order valence-corrected chi connectivity index (χ2v) is 12.0. The number of aryl methyl sites for hydroxylation is 1. The Morgan fingerprint density at radius 2 is 1.89 bits per heavy atom. The summed E-state index contributed by atoms with van der Waals surface area (Å²) in [6, 6.07) is 13.6. The highest BCUT2D eigenvalue weighted by Gasteiger charge is 2.38. The zero-order valence-electron chi connectivity index (χ0n) is 22.1. The minimum atomic E-state index is 0.165. The summed E-state index contributed by atoms with van der Waals surface area (Å²) in [6.07, 6.45) is 8.07. The summed E-state index contributed by atoms with van der Waals surface area (Å²) in [7, 11) is 1.88. The van der Waals surface area contributed by atoms with E-state index in [0.29, 0.717) is 17.9 Å². The highest BCUT2D eigenvalue weighted by atomic mass is 16.5. The number of aromatic nitrogens is 2. The number of amides is 1. The maximum atomic E-state index is 12.2. The van der Waals surface area contributed by atoms with Crippen molar-refractivity contribution >= 4 is 22.6 Å². The Labute approximate surface area is 219 Å². The van der Waals surface area contributed by atoms with Crippen LogP contribution in [-0.2, 0) is 22.4 Å². The first-order chi connectivity index (χ1) is 18.1. The zero-order valence-corrected chi connectivity index (χ0v) is 22.1. The number of carbonyl (C=O) groups is 1. The van der Waals surface area contributed by atoms with Gasteiger partial charge in [-0.3, -0.25) is 4.79 Å². The fraction of sp³-hybridized carbons (Fsp3) is 0.548. The van der Waals surface area contributed by atoms with Gasteiger partial charge in [0.15, 0.2) is 0 Å². The molecular weight excluding hydrogens is 460 g/mol. The van der Waals surface area contributed by atoms with Crippen molar-refractivity contribution in [1.82, 2.24) is 14.5 Å². The second-order valence-electron chi connectivity index (χ2n) is 12.0. The summed E-state index contributed by atoms with van der Waals surface area (Å²) in [5, 5.41) is 3.12. The van der Waals surface area contributed by atoms with Crippen LogP contribution < -0.4 is 5.32 Å². The Kier molecular flexibility index (Phi) is 5.85. The van der Waals surface area contributed by atoms with Gasteiger partial charge in [-0.05, 0) is 98.7 Å². The van der Waals surface area contributed by atoms with Gasteiger partial charge in [0.1, 0.15) is 5.82 Å². The van der Waals surface area contributed by atoms with Crippen LogP contribution in [-0.4, -0.2) is 53.2 Å². The normalized spacial score (nSPS) is 25.9. The molecule has 2 heterocycles. The Morgan fingerprint density at radius 3 is 2.68 bits per heavy atom. The lowest BCUT2D eigenvalue weighted by Crippen LogP contribution is -2.47. The summed E-state index contributed by atoms with van der Waals surface area (Å²) in [5.74, 6) is 2.93. The maximum absolute atomic E-state index is 12.2. The molecule has 37 heavy (non-hydrogen) atoms. The molecule has 6 heteroatoms. The number of imidazole rings is 1. The number of hydrogen-bond acceptors (Lipinski definition) is 4. The van der Waals surface area contributed by atoms with E-state index in [9.17, 15) is 4.79 Å². The number of ether oxygens (including phenoxy) is 1. The molecule has 1 saturated heterocycles. The van der Waals surface area contributed by atoms with Crippen molar-refractivity contribution in [3.05, 3.63) is 58.9 Å². The minimum absolute atomic E-state index is 0.165. The third-order valence-corrected chi connectivity index (χ3v) is 9.01. The summed E-state index contributed by atoms with van der Waals surface area (Å²) < 4.78 is 8.70. The lowest BCUT2D eigenvalue weighted by molar-refractivity contribution is -0.117. The van der Waals surface area contributed by atoms with Gasteiger partial charge in [-0.15, -0.1) is 0 Å². The molecule has 1 N–H and O–H groups in total. The van der Waals surface area contributed by atoms with Crippen molar-refractivity contribution in [3.8, 4) is 0 Å². The van der Waals surface area contributed by atoms with Gasteiger partial charge < -0.3 is 19.5 Å². The summed E-state index contributed by atoms with van der Waals surface area (Å²) >= 11 is 0. The summed E-state index contributed by atoms with van der Waals surface area (Å²) in [6.45, 7) is 5.31. The van der Waals surface area contributed by atoms with E-state index in [1.165, 1.54) is 40.9 Å². The Bertz CT molecular complexity index is 1340. The molecule has 4 aliphatic rings. The number of likely N-dealkylation sites (tertiary alicyclic amines) is 1. The average molecular weight is 499 g/mol. The molecular formula is C31H38N4O2. The van der Waals surface area contributed by atoms with Gasteiger partial charge in [-0.25, -0.2) is 4.98 Å². The van der Waals surface area contributed by atoms with Crippen LogP contribution in [0, 0.1) is 18.8 Å². The van der Waals surface area contributed by atoms with Crippen LogP contribution in [0.1, 0.15) is 66.6 Å². The molecule has 1 aliphatic heterocycles. The smallest absolute Gasteiger partial charge is 0.227 e. The van der Waals surface area contributed by atoms with Crippen molar-refractivity contribution in [2.24, 2.45) is 11.8 Å². The van der Waals surface area contributed by atoms with E-state index >= 15 is 0 Å². The van der Waals surface area contributed by atoms with E-state index in [1.54, 1.807) is 0 Å². The summed E-state index contributed by atoms with van der Waals surface area (Å²) in [5.41, 5.74) is 7.49. The molecule has 7 rings (SSSR count). The number of carbonyl (C=O) groups excluding carboxylic acids is 1. The number of nitrogens with one attached hydrogen (secondary N) is 1. The molecule has 6 nitrogen and oxygen atoms in total. The van der Waals surface area contributed by atoms with Crippen LogP contribution in [0.2, 0.25) is 0 Å². The SMILES string of the molecule is CO[C@H]1CN(C[C@@H]2Cc3ccc(NC(=O)C4CC4)cc3C2)CC[C@@H]1n1c(C2CC2)nc2cc(C)ccc21. The minimum Gasteiger partial charge on any atom is -0.378 e. The number of nitrogens with zero attached hydrogens (tertiary/aromatic N) is 3. The molecule has 3 aromatic rings. The molecule has 3 atom stereocenters. The van der Waals surface area contributed by atoms with E-state index < -0.39 is 0 Å². The summed E-state index contributed by atoms with van der Waals surface area (Å²) in [4.78, 5) is 19.9. The lowest BCUT2D eigenvalue weighted by Gasteiger charge is -2.40. The first kappa shape index (κ1) is 23.4. The van der Waals surface area contributed by atoms with Crippen LogP contribution in [0.25, 0.3) is 11.0 Å². The van der Waals surface area contributed by atoms with Gasteiger partial charge in [0.2, 0.25) is 5.91 Å². The van der Waals surface area contributed by atoms with Crippen LogP contribution in [0.5, 0.6) is 0 Å². The van der Waals surface area contributed by atoms with Gasteiger partial charge in [0.05, 0.1) is 23.2 Å². The van der Waals surface area contributed by atoms with Crippen molar-refractivity contribution in [3.63, 3.8) is 0 Å². The highest BCUT2D eigenvalue weighted by molar-refractivity contribution is 5.94. The monoisotopic (exact) mass is 498 g/mol. The predicted molar refractivity (Wildman–Crippen MR) is 146 cm³/mol. The van der Waals surface area contributed by atoms with Crippen LogP contribution >= 0.6 is 0 Å². The fourth-order valence-corrected chi connectivity index (χ4v) is 6.74. The first-order valence-electron chi connectivity index (χ1n) is 14.2. The average Bonchev–Trinajstić information content (AvgIpc) is 3.82. The second kappa shape index (κ2) is 9.25.